The fraction of sp³-hybridized carbons (Fsp3) is 0.267. The zero-order chi connectivity index (χ0) is 14.7. The quantitative estimate of drug-likeness (QED) is 0.782. The molecule has 0 bridgehead atoms. The van der Waals surface area contributed by atoms with E-state index in [1.54, 1.807) is 23.4 Å². The summed E-state index contributed by atoms with van der Waals surface area (Å²) in [5.74, 6) is 1.43. The van der Waals surface area contributed by atoms with Crippen LogP contribution in [0.2, 0.25) is 0 Å². The fourth-order valence-corrected chi connectivity index (χ4v) is 2.77. The number of halogens is 1. The third kappa shape index (κ3) is 3.10. The molecule has 20 heavy (non-hydrogen) atoms. The lowest BCUT2D eigenvalue weighted by atomic mass is 10.1. The lowest BCUT2D eigenvalue weighted by Gasteiger charge is -2.12. The molecule has 0 spiro atoms. The van der Waals surface area contributed by atoms with E-state index in [0.717, 1.165) is 27.0 Å². The first-order chi connectivity index (χ1) is 9.54. The molecule has 0 atom stereocenters. The van der Waals surface area contributed by atoms with Gasteiger partial charge >= 0.3 is 0 Å². The van der Waals surface area contributed by atoms with Gasteiger partial charge in [-0.25, -0.2) is 0 Å². The SMILES string of the molecule is CSCOc1ccc(-c2ccc(C)c(=O)n2C)c(Br)c1. The van der Waals surface area contributed by atoms with Crippen molar-refractivity contribution in [3.63, 3.8) is 0 Å². The number of hydrogen-bond donors (Lipinski definition) is 0. The summed E-state index contributed by atoms with van der Waals surface area (Å²) in [7, 11) is 1.79. The molecule has 0 N–H and O–H groups in total. The first-order valence-corrected chi connectivity index (χ1v) is 8.31. The third-order valence-corrected chi connectivity index (χ3v) is 4.06. The Morgan fingerprint density at radius 3 is 2.70 bits per heavy atom. The Kier molecular flexibility index (Phi) is 4.94. The third-order valence-electron chi connectivity index (χ3n) is 3.05. The number of nitrogens with zero attached hydrogens (tertiary/aromatic N) is 1. The van der Waals surface area contributed by atoms with Gasteiger partial charge in [0.2, 0.25) is 0 Å². The summed E-state index contributed by atoms with van der Waals surface area (Å²) < 4.78 is 8.14. The molecule has 0 amide bonds. The Bertz CT molecular complexity index is 682. The van der Waals surface area contributed by atoms with Crippen LogP contribution in [0.15, 0.2) is 39.6 Å². The van der Waals surface area contributed by atoms with Crippen LogP contribution in [0.25, 0.3) is 11.3 Å². The Morgan fingerprint density at radius 2 is 2.05 bits per heavy atom. The molecule has 3 nitrogen and oxygen atoms in total. The van der Waals surface area contributed by atoms with Crippen molar-refractivity contribution in [1.82, 2.24) is 4.57 Å². The summed E-state index contributed by atoms with van der Waals surface area (Å²) in [6.07, 6.45) is 1.99. The van der Waals surface area contributed by atoms with E-state index < -0.39 is 0 Å². The van der Waals surface area contributed by atoms with Gasteiger partial charge in [0, 0.05) is 22.6 Å². The molecule has 0 saturated carbocycles. The lowest BCUT2D eigenvalue weighted by molar-refractivity contribution is 0.393. The van der Waals surface area contributed by atoms with Crippen LogP contribution in [0.5, 0.6) is 5.75 Å². The highest BCUT2D eigenvalue weighted by Gasteiger charge is 2.09. The summed E-state index contributed by atoms with van der Waals surface area (Å²) in [5, 5.41) is 0. The van der Waals surface area contributed by atoms with Gasteiger partial charge < -0.3 is 9.30 Å². The van der Waals surface area contributed by atoms with Gasteiger partial charge in [0.25, 0.3) is 5.56 Å². The second-order valence-corrected chi connectivity index (χ2v) is 6.13. The van der Waals surface area contributed by atoms with Crippen molar-refractivity contribution in [1.29, 1.82) is 0 Å². The summed E-state index contributed by atoms with van der Waals surface area (Å²) in [6.45, 7) is 1.82. The maximum Gasteiger partial charge on any atom is 0.253 e. The number of aryl methyl sites for hydroxylation is 1. The summed E-state index contributed by atoms with van der Waals surface area (Å²) >= 11 is 5.18. The van der Waals surface area contributed by atoms with Crippen molar-refractivity contribution in [3.05, 3.63) is 50.7 Å². The number of thioether (sulfide) groups is 1. The maximum atomic E-state index is 12.0. The van der Waals surface area contributed by atoms with Gasteiger partial charge in [-0.1, -0.05) is 6.07 Å². The van der Waals surface area contributed by atoms with Crippen molar-refractivity contribution in [2.45, 2.75) is 6.92 Å². The first-order valence-electron chi connectivity index (χ1n) is 6.13. The van der Waals surface area contributed by atoms with E-state index in [2.05, 4.69) is 15.9 Å². The minimum Gasteiger partial charge on any atom is -0.483 e. The van der Waals surface area contributed by atoms with E-state index in [4.69, 9.17) is 4.74 Å². The topological polar surface area (TPSA) is 31.2 Å². The molecule has 1 aromatic carbocycles. The van der Waals surface area contributed by atoms with Crippen LogP contribution in [0.1, 0.15) is 5.56 Å². The highest BCUT2D eigenvalue weighted by Crippen LogP contribution is 2.31. The predicted molar refractivity (Wildman–Crippen MR) is 88.6 cm³/mol. The molecule has 0 aliphatic carbocycles. The van der Waals surface area contributed by atoms with E-state index in [9.17, 15) is 4.79 Å². The average Bonchev–Trinajstić information content (AvgIpc) is 2.44. The molecule has 0 aliphatic heterocycles. The maximum absolute atomic E-state index is 12.0. The first kappa shape index (κ1) is 15.2. The smallest absolute Gasteiger partial charge is 0.253 e. The van der Waals surface area contributed by atoms with Gasteiger partial charge in [-0.3, -0.25) is 4.79 Å². The van der Waals surface area contributed by atoms with Crippen molar-refractivity contribution >= 4 is 27.7 Å². The molecular formula is C15H16BrNO2S. The number of benzene rings is 1. The van der Waals surface area contributed by atoms with Crippen molar-refractivity contribution in [2.75, 3.05) is 12.2 Å². The number of ether oxygens (including phenoxy) is 1. The molecule has 1 heterocycles. The van der Waals surface area contributed by atoms with E-state index in [1.807, 2.05) is 43.5 Å². The number of rotatable bonds is 4. The highest BCUT2D eigenvalue weighted by molar-refractivity contribution is 9.10. The Hall–Kier alpha value is -1.20. The monoisotopic (exact) mass is 353 g/mol. The molecule has 0 saturated heterocycles. The van der Waals surface area contributed by atoms with Crippen molar-refractivity contribution in [3.8, 4) is 17.0 Å². The molecule has 0 unspecified atom stereocenters. The summed E-state index contributed by atoms with van der Waals surface area (Å²) in [6, 6.07) is 9.61. The summed E-state index contributed by atoms with van der Waals surface area (Å²) in [5.41, 5.74) is 2.62. The van der Waals surface area contributed by atoms with Gasteiger partial charge in [-0.05, 0) is 53.4 Å². The van der Waals surface area contributed by atoms with Crippen LogP contribution in [0.3, 0.4) is 0 Å². The van der Waals surface area contributed by atoms with Gasteiger partial charge in [0.1, 0.15) is 11.7 Å². The minimum absolute atomic E-state index is 0.0251. The molecule has 0 aliphatic rings. The van der Waals surface area contributed by atoms with Crippen LogP contribution in [0, 0.1) is 6.92 Å². The molecule has 0 radical (unpaired) electrons. The minimum atomic E-state index is 0.0251. The van der Waals surface area contributed by atoms with E-state index in [0.29, 0.717) is 5.94 Å². The van der Waals surface area contributed by atoms with Gasteiger partial charge in [0.15, 0.2) is 0 Å². The van der Waals surface area contributed by atoms with E-state index in [1.165, 1.54) is 0 Å². The van der Waals surface area contributed by atoms with Gasteiger partial charge in [0.05, 0.1) is 5.69 Å². The van der Waals surface area contributed by atoms with Crippen molar-refractivity contribution < 1.29 is 4.74 Å². The second kappa shape index (κ2) is 6.50. The molecule has 2 rings (SSSR count). The van der Waals surface area contributed by atoms with Crippen molar-refractivity contribution in [2.24, 2.45) is 7.05 Å². The fourth-order valence-electron chi connectivity index (χ4n) is 1.95. The Balaban J connectivity index is 2.44. The molecule has 5 heteroatoms. The Morgan fingerprint density at radius 1 is 1.30 bits per heavy atom. The highest BCUT2D eigenvalue weighted by atomic mass is 79.9. The standard InChI is InChI=1S/C15H16BrNO2S/c1-10-4-7-14(17(2)15(10)18)12-6-5-11(8-13(12)16)19-9-20-3/h4-8H,9H2,1-3H3. The van der Waals surface area contributed by atoms with E-state index in [-0.39, 0.29) is 5.56 Å². The van der Waals surface area contributed by atoms with Gasteiger partial charge in [-0.15, -0.1) is 11.8 Å². The molecule has 0 fully saturated rings. The number of aromatic nitrogens is 1. The normalized spacial score (nSPS) is 10.6. The molecule has 2 aromatic rings. The average molecular weight is 354 g/mol. The molecule has 1 aromatic heterocycles. The van der Waals surface area contributed by atoms with E-state index >= 15 is 0 Å². The van der Waals surface area contributed by atoms with Gasteiger partial charge in [-0.2, -0.15) is 0 Å². The summed E-state index contributed by atoms with van der Waals surface area (Å²) in [4.78, 5) is 12.0. The zero-order valence-electron chi connectivity index (χ0n) is 11.6. The molecule has 106 valence electrons. The van der Waals surface area contributed by atoms with Crippen LogP contribution in [-0.2, 0) is 7.05 Å². The largest absolute Gasteiger partial charge is 0.483 e. The van der Waals surface area contributed by atoms with Crippen LogP contribution < -0.4 is 10.3 Å². The number of pyridine rings is 1. The predicted octanol–water partition coefficient (Wildman–Crippen LogP) is 3.82. The molecular weight excluding hydrogens is 338 g/mol. The zero-order valence-corrected chi connectivity index (χ0v) is 14.0. The van der Waals surface area contributed by atoms with Crippen LogP contribution in [-0.4, -0.2) is 16.8 Å². The lowest BCUT2D eigenvalue weighted by Crippen LogP contribution is -2.20. The second-order valence-electron chi connectivity index (χ2n) is 4.46. The Labute approximate surface area is 131 Å². The number of hydrogen-bond acceptors (Lipinski definition) is 3. The van der Waals surface area contributed by atoms with Crippen LogP contribution in [0.4, 0.5) is 0 Å². The van der Waals surface area contributed by atoms with Crippen LogP contribution >= 0.6 is 27.7 Å².